The Balaban J connectivity index is 1.44. The molecule has 3 aromatic rings. The predicted molar refractivity (Wildman–Crippen MR) is 138 cm³/mol. The molecule has 0 radical (unpaired) electrons. The second-order valence-electron chi connectivity index (χ2n) is 9.31. The predicted octanol–water partition coefficient (Wildman–Crippen LogP) is 5.76. The second kappa shape index (κ2) is 11.7. The number of rotatable bonds is 8. The van der Waals surface area contributed by atoms with Crippen LogP contribution in [0.3, 0.4) is 0 Å². The molecule has 1 aliphatic heterocycles. The summed E-state index contributed by atoms with van der Waals surface area (Å²) in [5.41, 5.74) is 3.90. The van der Waals surface area contributed by atoms with Crippen molar-refractivity contribution in [3.8, 4) is 5.75 Å². The number of nitrogens with zero attached hydrogens (tertiary/aromatic N) is 1. The zero-order valence-corrected chi connectivity index (χ0v) is 21.0. The van der Waals surface area contributed by atoms with E-state index in [4.69, 9.17) is 16.3 Å². The van der Waals surface area contributed by atoms with Gasteiger partial charge in [-0.1, -0.05) is 54.1 Å². The van der Waals surface area contributed by atoms with Gasteiger partial charge in [-0.2, -0.15) is 0 Å². The first-order valence-corrected chi connectivity index (χ1v) is 12.4. The van der Waals surface area contributed by atoms with Crippen LogP contribution in [-0.2, 0) is 17.8 Å². The van der Waals surface area contributed by atoms with E-state index in [9.17, 15) is 9.18 Å². The fraction of sp³-hybridized carbons (Fsp3) is 0.345. The molecule has 3 aromatic carbocycles. The molecular weight excluding hydrogens is 463 g/mol. The minimum atomic E-state index is -0.203. The lowest BCUT2D eigenvalue weighted by atomic mass is 9.83. The largest absolute Gasteiger partial charge is 0.497 e. The number of hydrogen-bond acceptors (Lipinski definition) is 3. The van der Waals surface area contributed by atoms with Crippen molar-refractivity contribution in [3.05, 3.63) is 99.8 Å². The molecule has 0 aromatic heterocycles. The van der Waals surface area contributed by atoms with Gasteiger partial charge in [-0.3, -0.25) is 9.69 Å². The molecule has 0 aliphatic carbocycles. The van der Waals surface area contributed by atoms with Gasteiger partial charge in [-0.25, -0.2) is 4.39 Å². The van der Waals surface area contributed by atoms with Gasteiger partial charge in [0, 0.05) is 31.2 Å². The molecule has 0 bridgehead atoms. The van der Waals surface area contributed by atoms with Crippen LogP contribution in [0.5, 0.6) is 5.75 Å². The first-order valence-electron chi connectivity index (χ1n) is 12.1. The van der Waals surface area contributed by atoms with Crippen LogP contribution in [0.2, 0.25) is 5.02 Å². The van der Waals surface area contributed by atoms with E-state index in [1.54, 1.807) is 14.0 Å². The summed E-state index contributed by atoms with van der Waals surface area (Å²) < 4.78 is 19.1. The molecule has 1 amide bonds. The SMILES string of the molecule is COc1ccc(CCNC(=O)[C@@H]2C[C@H](c3ccc(F)c(C)c3)CN(Cc3ccccc3Cl)C2)cc1. The van der Waals surface area contributed by atoms with Gasteiger partial charge in [-0.15, -0.1) is 0 Å². The Morgan fingerprint density at radius 3 is 2.60 bits per heavy atom. The van der Waals surface area contributed by atoms with E-state index in [0.29, 0.717) is 25.2 Å². The normalized spacial score (nSPS) is 18.3. The minimum absolute atomic E-state index is 0.0613. The van der Waals surface area contributed by atoms with Gasteiger partial charge in [-0.05, 0) is 72.2 Å². The van der Waals surface area contributed by atoms with Gasteiger partial charge < -0.3 is 10.1 Å². The van der Waals surface area contributed by atoms with Crippen LogP contribution in [0.25, 0.3) is 0 Å². The summed E-state index contributed by atoms with van der Waals surface area (Å²) in [6, 6.07) is 21.0. The number of ether oxygens (including phenoxy) is 1. The van der Waals surface area contributed by atoms with Gasteiger partial charge in [0.2, 0.25) is 5.91 Å². The number of piperidine rings is 1. The number of methoxy groups -OCH3 is 1. The third kappa shape index (κ3) is 6.62. The van der Waals surface area contributed by atoms with Gasteiger partial charge in [0.25, 0.3) is 0 Å². The molecule has 1 fully saturated rings. The maximum atomic E-state index is 13.9. The zero-order chi connectivity index (χ0) is 24.8. The van der Waals surface area contributed by atoms with Crippen molar-refractivity contribution in [2.24, 2.45) is 5.92 Å². The number of nitrogens with one attached hydrogen (secondary N) is 1. The van der Waals surface area contributed by atoms with Crippen LogP contribution in [-0.4, -0.2) is 37.6 Å². The Labute approximate surface area is 212 Å². The molecule has 6 heteroatoms. The molecule has 2 atom stereocenters. The number of aryl methyl sites for hydroxylation is 1. The van der Waals surface area contributed by atoms with E-state index in [1.165, 1.54) is 6.07 Å². The van der Waals surface area contributed by atoms with Crippen LogP contribution in [0.1, 0.15) is 34.6 Å². The van der Waals surface area contributed by atoms with Crippen LogP contribution in [0, 0.1) is 18.7 Å². The summed E-state index contributed by atoms with van der Waals surface area (Å²) >= 11 is 6.42. The highest BCUT2D eigenvalue weighted by Crippen LogP contribution is 2.33. The Bertz CT molecular complexity index is 1150. The lowest BCUT2D eigenvalue weighted by Gasteiger charge is -2.37. The third-order valence-corrected chi connectivity index (χ3v) is 7.14. The maximum absolute atomic E-state index is 13.9. The van der Waals surface area contributed by atoms with Gasteiger partial charge in [0.05, 0.1) is 13.0 Å². The Kier molecular flexibility index (Phi) is 8.42. The van der Waals surface area contributed by atoms with E-state index in [0.717, 1.165) is 46.8 Å². The number of halogens is 2. The van der Waals surface area contributed by atoms with Crippen molar-refractivity contribution in [1.82, 2.24) is 10.2 Å². The Morgan fingerprint density at radius 1 is 1.11 bits per heavy atom. The maximum Gasteiger partial charge on any atom is 0.224 e. The van der Waals surface area contributed by atoms with Crippen molar-refractivity contribution >= 4 is 17.5 Å². The van der Waals surface area contributed by atoms with Crippen molar-refractivity contribution in [2.75, 3.05) is 26.7 Å². The lowest BCUT2D eigenvalue weighted by Crippen LogP contribution is -2.45. The minimum Gasteiger partial charge on any atom is -0.497 e. The van der Waals surface area contributed by atoms with Crippen molar-refractivity contribution in [3.63, 3.8) is 0 Å². The molecule has 4 rings (SSSR count). The number of carbonyl (C=O) groups excluding carboxylic acids is 1. The van der Waals surface area contributed by atoms with Crippen LogP contribution >= 0.6 is 11.6 Å². The molecule has 1 N–H and O–H groups in total. The molecule has 0 saturated carbocycles. The summed E-state index contributed by atoms with van der Waals surface area (Å²) in [7, 11) is 1.65. The summed E-state index contributed by atoms with van der Waals surface area (Å²) in [6.45, 7) is 4.49. The first-order chi connectivity index (χ1) is 16.9. The highest BCUT2D eigenvalue weighted by atomic mass is 35.5. The van der Waals surface area contributed by atoms with Crippen molar-refractivity contribution in [1.29, 1.82) is 0 Å². The highest BCUT2D eigenvalue weighted by molar-refractivity contribution is 6.31. The number of likely N-dealkylation sites (tertiary alicyclic amines) is 1. The third-order valence-electron chi connectivity index (χ3n) is 6.77. The quantitative estimate of drug-likeness (QED) is 0.433. The highest BCUT2D eigenvalue weighted by Gasteiger charge is 2.32. The van der Waals surface area contributed by atoms with Crippen LogP contribution in [0.15, 0.2) is 66.7 Å². The monoisotopic (exact) mass is 494 g/mol. The smallest absolute Gasteiger partial charge is 0.224 e. The molecule has 35 heavy (non-hydrogen) atoms. The molecular formula is C29H32ClFN2O2. The number of benzene rings is 3. The van der Waals surface area contributed by atoms with Crippen LogP contribution < -0.4 is 10.1 Å². The van der Waals surface area contributed by atoms with E-state index < -0.39 is 0 Å². The summed E-state index contributed by atoms with van der Waals surface area (Å²) in [4.78, 5) is 15.5. The zero-order valence-electron chi connectivity index (χ0n) is 20.3. The number of amides is 1. The lowest BCUT2D eigenvalue weighted by molar-refractivity contribution is -0.127. The van der Waals surface area contributed by atoms with E-state index in [2.05, 4.69) is 10.2 Å². The van der Waals surface area contributed by atoms with Gasteiger partial charge >= 0.3 is 0 Å². The molecule has 1 heterocycles. The van der Waals surface area contributed by atoms with E-state index in [-0.39, 0.29) is 23.6 Å². The van der Waals surface area contributed by atoms with Crippen molar-refractivity contribution < 1.29 is 13.9 Å². The van der Waals surface area contributed by atoms with Crippen LogP contribution in [0.4, 0.5) is 4.39 Å². The second-order valence-corrected chi connectivity index (χ2v) is 9.72. The molecule has 0 unspecified atom stereocenters. The van der Waals surface area contributed by atoms with E-state index >= 15 is 0 Å². The number of hydrogen-bond donors (Lipinski definition) is 1. The summed E-state index contributed by atoms with van der Waals surface area (Å²) in [6.07, 6.45) is 1.49. The molecule has 0 spiro atoms. The topological polar surface area (TPSA) is 41.6 Å². The fourth-order valence-electron chi connectivity index (χ4n) is 4.81. The average molecular weight is 495 g/mol. The van der Waals surface area contributed by atoms with Gasteiger partial charge in [0.15, 0.2) is 0 Å². The summed E-state index contributed by atoms with van der Waals surface area (Å²) in [5, 5.41) is 3.86. The first kappa shape index (κ1) is 25.2. The van der Waals surface area contributed by atoms with Crippen molar-refractivity contribution in [2.45, 2.75) is 32.2 Å². The summed E-state index contributed by atoms with van der Waals surface area (Å²) in [5.74, 6) is 0.664. The number of carbonyl (C=O) groups is 1. The van der Waals surface area contributed by atoms with E-state index in [1.807, 2.05) is 60.7 Å². The van der Waals surface area contributed by atoms with Gasteiger partial charge in [0.1, 0.15) is 11.6 Å². The Morgan fingerprint density at radius 2 is 1.89 bits per heavy atom. The standard InChI is InChI=1S/C29H32ClFN2O2/c1-20-15-22(9-12-28(20)31)24-16-25(19-33(18-24)17-23-5-3-4-6-27(23)30)29(34)32-14-13-21-7-10-26(35-2)11-8-21/h3-12,15,24-25H,13-14,16-19H2,1-2H3,(H,32,34)/t24-,25+/m0/s1. The molecule has 4 nitrogen and oxygen atoms in total. The molecule has 1 saturated heterocycles. The molecule has 1 aliphatic rings. The average Bonchev–Trinajstić information content (AvgIpc) is 2.87. The Hall–Kier alpha value is -2.89. The molecule has 184 valence electrons. The fourth-order valence-corrected chi connectivity index (χ4v) is 5.00.